The van der Waals surface area contributed by atoms with Crippen molar-refractivity contribution in [1.82, 2.24) is 5.32 Å². The smallest absolute Gasteiger partial charge is 0.137 e. The van der Waals surface area contributed by atoms with E-state index in [9.17, 15) is 4.39 Å². The Morgan fingerprint density at radius 2 is 2.12 bits per heavy atom. The third-order valence-electron chi connectivity index (χ3n) is 3.07. The Morgan fingerprint density at radius 3 is 2.62 bits per heavy atom. The summed E-state index contributed by atoms with van der Waals surface area (Å²) in [5, 5.41) is 3.22. The van der Waals surface area contributed by atoms with Crippen LogP contribution < -0.4 is 5.32 Å². The van der Waals surface area contributed by atoms with Crippen LogP contribution in [0.4, 0.5) is 4.39 Å². The minimum absolute atomic E-state index is 0.199. The molecule has 0 spiro atoms. The number of halogens is 2. The van der Waals surface area contributed by atoms with Crippen molar-refractivity contribution in [2.75, 3.05) is 13.6 Å². The Morgan fingerprint density at radius 1 is 1.44 bits per heavy atom. The van der Waals surface area contributed by atoms with Gasteiger partial charge in [0.25, 0.3) is 0 Å². The van der Waals surface area contributed by atoms with Gasteiger partial charge in [0.05, 0.1) is 4.47 Å². The summed E-state index contributed by atoms with van der Waals surface area (Å²) in [6, 6.07) is 5.26. The summed E-state index contributed by atoms with van der Waals surface area (Å²) in [6.07, 6.45) is 2.06. The molecule has 3 heteroatoms. The molecule has 0 aliphatic carbocycles. The third kappa shape index (κ3) is 3.56. The van der Waals surface area contributed by atoms with Crippen LogP contribution in [-0.2, 0) is 6.42 Å². The SMILES string of the molecule is CCC(C)(CNC)Cc1ccc(F)c(Br)c1. The molecule has 0 bridgehead atoms. The maximum Gasteiger partial charge on any atom is 0.137 e. The molecule has 0 fully saturated rings. The lowest BCUT2D eigenvalue weighted by atomic mass is 9.81. The standard InChI is InChI=1S/C13H19BrFN/c1-4-13(2,9-16-3)8-10-5-6-12(15)11(14)7-10/h5-7,16H,4,8-9H2,1-3H3. The number of hydrogen-bond acceptors (Lipinski definition) is 1. The molecule has 0 heterocycles. The van der Waals surface area contributed by atoms with Gasteiger partial charge in [-0.15, -0.1) is 0 Å². The molecule has 1 N–H and O–H groups in total. The van der Waals surface area contributed by atoms with E-state index >= 15 is 0 Å². The van der Waals surface area contributed by atoms with E-state index in [4.69, 9.17) is 0 Å². The fourth-order valence-corrected chi connectivity index (χ4v) is 2.31. The van der Waals surface area contributed by atoms with Gasteiger partial charge >= 0.3 is 0 Å². The highest BCUT2D eigenvalue weighted by Crippen LogP contribution is 2.27. The largest absolute Gasteiger partial charge is 0.319 e. The molecule has 0 radical (unpaired) electrons. The summed E-state index contributed by atoms with van der Waals surface area (Å²) in [7, 11) is 1.97. The van der Waals surface area contributed by atoms with E-state index in [1.165, 1.54) is 11.6 Å². The van der Waals surface area contributed by atoms with Crippen molar-refractivity contribution in [3.63, 3.8) is 0 Å². The van der Waals surface area contributed by atoms with Gasteiger partial charge in [0.1, 0.15) is 5.82 Å². The van der Waals surface area contributed by atoms with Gasteiger partial charge < -0.3 is 5.32 Å². The summed E-state index contributed by atoms with van der Waals surface area (Å²) in [5.41, 5.74) is 1.40. The van der Waals surface area contributed by atoms with Crippen molar-refractivity contribution in [1.29, 1.82) is 0 Å². The first-order chi connectivity index (χ1) is 7.50. The summed E-state index contributed by atoms with van der Waals surface area (Å²) >= 11 is 3.22. The molecule has 90 valence electrons. The number of hydrogen-bond donors (Lipinski definition) is 1. The van der Waals surface area contributed by atoms with Crippen molar-refractivity contribution in [2.24, 2.45) is 5.41 Å². The van der Waals surface area contributed by atoms with Crippen LogP contribution >= 0.6 is 15.9 Å². The van der Waals surface area contributed by atoms with E-state index in [0.29, 0.717) is 4.47 Å². The highest BCUT2D eigenvalue weighted by Gasteiger charge is 2.21. The maximum absolute atomic E-state index is 13.1. The second-order valence-corrected chi connectivity index (χ2v) is 5.47. The fourth-order valence-electron chi connectivity index (χ4n) is 1.88. The van der Waals surface area contributed by atoms with Crippen molar-refractivity contribution in [3.8, 4) is 0 Å². The van der Waals surface area contributed by atoms with Gasteiger partial charge in [0.2, 0.25) is 0 Å². The molecule has 0 amide bonds. The first-order valence-electron chi connectivity index (χ1n) is 5.59. The topological polar surface area (TPSA) is 12.0 Å². The summed E-state index contributed by atoms with van der Waals surface area (Å²) < 4.78 is 13.7. The summed E-state index contributed by atoms with van der Waals surface area (Å²) in [4.78, 5) is 0. The Kier molecular flexibility index (Phi) is 4.93. The molecular formula is C13H19BrFN. The lowest BCUT2D eigenvalue weighted by Gasteiger charge is -2.28. The zero-order valence-electron chi connectivity index (χ0n) is 10.1. The second-order valence-electron chi connectivity index (χ2n) is 4.62. The van der Waals surface area contributed by atoms with Crippen LogP contribution in [0.2, 0.25) is 0 Å². The zero-order chi connectivity index (χ0) is 12.2. The predicted molar refractivity (Wildman–Crippen MR) is 70.1 cm³/mol. The number of nitrogens with one attached hydrogen (secondary N) is 1. The lowest BCUT2D eigenvalue weighted by Crippen LogP contribution is -2.31. The van der Waals surface area contributed by atoms with Crippen LogP contribution in [0.15, 0.2) is 22.7 Å². The fraction of sp³-hybridized carbons (Fsp3) is 0.538. The minimum Gasteiger partial charge on any atom is -0.319 e. The average Bonchev–Trinajstić information content (AvgIpc) is 2.24. The molecular weight excluding hydrogens is 269 g/mol. The highest BCUT2D eigenvalue weighted by atomic mass is 79.9. The van der Waals surface area contributed by atoms with E-state index in [0.717, 1.165) is 19.4 Å². The van der Waals surface area contributed by atoms with E-state index in [1.54, 1.807) is 0 Å². The van der Waals surface area contributed by atoms with Crippen LogP contribution in [-0.4, -0.2) is 13.6 Å². The van der Waals surface area contributed by atoms with Crippen molar-refractivity contribution in [2.45, 2.75) is 26.7 Å². The Labute approximate surface area is 106 Å². The summed E-state index contributed by atoms with van der Waals surface area (Å²) in [6.45, 7) is 5.41. The van der Waals surface area contributed by atoms with Gasteiger partial charge in [0, 0.05) is 6.54 Å². The van der Waals surface area contributed by atoms with Gasteiger partial charge in [0.15, 0.2) is 0 Å². The molecule has 1 aromatic carbocycles. The Hall–Kier alpha value is -0.410. The molecule has 1 aromatic rings. The first kappa shape index (κ1) is 13.7. The molecule has 1 unspecified atom stereocenters. The van der Waals surface area contributed by atoms with E-state index in [-0.39, 0.29) is 11.2 Å². The molecule has 1 rings (SSSR count). The normalized spacial score (nSPS) is 14.8. The molecule has 1 atom stereocenters. The Bertz CT molecular complexity index is 354. The maximum atomic E-state index is 13.1. The third-order valence-corrected chi connectivity index (χ3v) is 3.68. The van der Waals surface area contributed by atoms with E-state index < -0.39 is 0 Å². The lowest BCUT2D eigenvalue weighted by molar-refractivity contribution is 0.299. The van der Waals surface area contributed by atoms with Crippen LogP contribution in [0.1, 0.15) is 25.8 Å². The number of rotatable bonds is 5. The number of benzene rings is 1. The van der Waals surface area contributed by atoms with E-state index in [2.05, 4.69) is 35.1 Å². The van der Waals surface area contributed by atoms with Gasteiger partial charge in [-0.05, 0) is 58.9 Å². The van der Waals surface area contributed by atoms with E-state index in [1.807, 2.05) is 19.2 Å². The van der Waals surface area contributed by atoms with Crippen molar-refractivity contribution in [3.05, 3.63) is 34.1 Å². The van der Waals surface area contributed by atoms with Crippen LogP contribution in [0.25, 0.3) is 0 Å². The average molecular weight is 288 g/mol. The molecule has 16 heavy (non-hydrogen) atoms. The molecule has 0 aliphatic rings. The molecule has 0 aliphatic heterocycles. The Balaban J connectivity index is 2.81. The van der Waals surface area contributed by atoms with Crippen LogP contribution in [0.3, 0.4) is 0 Å². The van der Waals surface area contributed by atoms with Crippen molar-refractivity contribution < 1.29 is 4.39 Å². The monoisotopic (exact) mass is 287 g/mol. The van der Waals surface area contributed by atoms with Gasteiger partial charge in [-0.2, -0.15) is 0 Å². The summed E-state index contributed by atoms with van der Waals surface area (Å²) in [5.74, 6) is -0.199. The molecule has 0 saturated heterocycles. The molecule has 1 nitrogen and oxygen atoms in total. The quantitative estimate of drug-likeness (QED) is 0.869. The minimum atomic E-state index is -0.199. The molecule has 0 saturated carbocycles. The second kappa shape index (κ2) is 5.78. The highest BCUT2D eigenvalue weighted by molar-refractivity contribution is 9.10. The van der Waals surface area contributed by atoms with Crippen molar-refractivity contribution >= 4 is 15.9 Å². The van der Waals surface area contributed by atoms with Crippen LogP contribution in [0, 0.1) is 11.2 Å². The van der Waals surface area contributed by atoms with Crippen LogP contribution in [0.5, 0.6) is 0 Å². The van der Waals surface area contributed by atoms with Gasteiger partial charge in [-0.25, -0.2) is 4.39 Å². The first-order valence-corrected chi connectivity index (χ1v) is 6.38. The zero-order valence-corrected chi connectivity index (χ0v) is 11.7. The van der Waals surface area contributed by atoms with Gasteiger partial charge in [-0.1, -0.05) is 19.9 Å². The molecule has 0 aromatic heterocycles. The predicted octanol–water partition coefficient (Wildman–Crippen LogP) is 3.77. The van der Waals surface area contributed by atoms with Gasteiger partial charge in [-0.3, -0.25) is 0 Å².